The summed E-state index contributed by atoms with van der Waals surface area (Å²) in [7, 11) is 0. The molecule has 5 nitrogen and oxygen atoms in total. The number of esters is 1. The lowest BCUT2D eigenvalue weighted by Gasteiger charge is -2.10. The van der Waals surface area contributed by atoms with Crippen LogP contribution in [0.2, 0.25) is 0 Å². The highest BCUT2D eigenvalue weighted by Gasteiger charge is 2.20. The summed E-state index contributed by atoms with van der Waals surface area (Å²) in [6.07, 6.45) is 4.27. The minimum atomic E-state index is -0.270. The summed E-state index contributed by atoms with van der Waals surface area (Å²) in [5, 5.41) is 7.64. The average Bonchev–Trinajstić information content (AvgIpc) is 2.97. The van der Waals surface area contributed by atoms with E-state index in [0.29, 0.717) is 5.56 Å². The van der Waals surface area contributed by atoms with Crippen LogP contribution in [-0.4, -0.2) is 38.2 Å². The number of thioether (sulfide) groups is 1. The molecule has 6 heteroatoms. The molecule has 88 valence electrons. The van der Waals surface area contributed by atoms with E-state index in [1.807, 2.05) is 11.8 Å². The Morgan fingerprint density at radius 3 is 3.29 bits per heavy atom. The van der Waals surface area contributed by atoms with E-state index in [2.05, 4.69) is 10.2 Å². The van der Waals surface area contributed by atoms with Gasteiger partial charge >= 0.3 is 5.97 Å². The summed E-state index contributed by atoms with van der Waals surface area (Å²) < 4.78 is 7.12. The summed E-state index contributed by atoms with van der Waals surface area (Å²) in [5.41, 5.74) is 1.26. The van der Waals surface area contributed by atoms with Crippen LogP contribution in [0, 0.1) is 0 Å². The fourth-order valence-electron chi connectivity index (χ4n) is 1.77. The van der Waals surface area contributed by atoms with Crippen molar-refractivity contribution in [3.63, 3.8) is 0 Å². The molecule has 0 N–H and O–H groups in total. The third-order valence-corrected chi connectivity index (χ3v) is 3.82. The van der Waals surface area contributed by atoms with Crippen molar-refractivity contribution in [3.8, 4) is 0 Å². The minimum absolute atomic E-state index is 0.0594. The Morgan fingerprint density at radius 1 is 1.53 bits per heavy atom. The van der Waals surface area contributed by atoms with E-state index in [1.54, 1.807) is 29.1 Å². The van der Waals surface area contributed by atoms with Gasteiger partial charge in [-0.05, 0) is 24.3 Å². The molecule has 0 bridgehead atoms. The largest absolute Gasteiger partial charge is 0.458 e. The van der Waals surface area contributed by atoms with Crippen molar-refractivity contribution in [1.29, 1.82) is 0 Å². The van der Waals surface area contributed by atoms with Gasteiger partial charge in [-0.15, -0.1) is 10.2 Å². The zero-order chi connectivity index (χ0) is 11.7. The number of ether oxygens (including phenoxy) is 1. The zero-order valence-electron chi connectivity index (χ0n) is 9.07. The molecule has 2 aromatic heterocycles. The average molecular weight is 249 g/mol. The van der Waals surface area contributed by atoms with Gasteiger partial charge in [-0.25, -0.2) is 4.79 Å². The molecule has 2 aromatic rings. The maximum atomic E-state index is 11.9. The fourth-order valence-corrected chi connectivity index (χ4v) is 2.87. The first-order valence-electron chi connectivity index (χ1n) is 5.41. The van der Waals surface area contributed by atoms with Crippen molar-refractivity contribution >= 4 is 23.4 Å². The molecule has 1 atom stereocenters. The van der Waals surface area contributed by atoms with Crippen LogP contribution in [0.15, 0.2) is 24.7 Å². The Kier molecular flexibility index (Phi) is 2.72. The smallest absolute Gasteiger partial charge is 0.339 e. The molecule has 3 heterocycles. The van der Waals surface area contributed by atoms with Gasteiger partial charge in [0.2, 0.25) is 0 Å². The standard InChI is InChI=1S/C11H11N3O2S/c15-11(16-9-3-4-17-6-9)8-1-2-10-13-12-7-14(10)5-8/h1-2,5,7,9H,3-4,6H2. The van der Waals surface area contributed by atoms with Crippen LogP contribution in [-0.2, 0) is 4.74 Å². The summed E-state index contributed by atoms with van der Waals surface area (Å²) in [5.74, 6) is 1.70. The van der Waals surface area contributed by atoms with Crippen molar-refractivity contribution in [3.05, 3.63) is 30.2 Å². The van der Waals surface area contributed by atoms with Crippen molar-refractivity contribution < 1.29 is 9.53 Å². The highest BCUT2D eigenvalue weighted by atomic mass is 32.2. The monoisotopic (exact) mass is 249 g/mol. The number of aromatic nitrogens is 3. The number of carbonyl (C=O) groups is 1. The first kappa shape index (κ1) is 10.6. The second-order valence-electron chi connectivity index (χ2n) is 3.91. The van der Waals surface area contributed by atoms with E-state index >= 15 is 0 Å². The third kappa shape index (κ3) is 2.12. The molecule has 0 aliphatic carbocycles. The Bertz CT molecular complexity index is 548. The Balaban J connectivity index is 1.79. The number of fused-ring (bicyclic) bond motifs is 1. The van der Waals surface area contributed by atoms with Gasteiger partial charge in [0.1, 0.15) is 12.4 Å². The van der Waals surface area contributed by atoms with E-state index < -0.39 is 0 Å². The molecular formula is C11H11N3O2S. The van der Waals surface area contributed by atoms with Gasteiger partial charge < -0.3 is 4.74 Å². The Morgan fingerprint density at radius 2 is 2.47 bits per heavy atom. The second-order valence-corrected chi connectivity index (χ2v) is 5.05. The van der Waals surface area contributed by atoms with Crippen LogP contribution in [0.5, 0.6) is 0 Å². The number of rotatable bonds is 2. The van der Waals surface area contributed by atoms with Gasteiger partial charge in [0.25, 0.3) is 0 Å². The zero-order valence-corrected chi connectivity index (χ0v) is 9.89. The van der Waals surface area contributed by atoms with Gasteiger partial charge in [0.05, 0.1) is 5.56 Å². The van der Waals surface area contributed by atoms with Crippen LogP contribution >= 0.6 is 11.8 Å². The molecule has 0 spiro atoms. The molecule has 1 fully saturated rings. The van der Waals surface area contributed by atoms with Gasteiger partial charge in [-0.2, -0.15) is 11.8 Å². The maximum absolute atomic E-state index is 11.9. The molecule has 1 saturated heterocycles. The predicted octanol–water partition coefficient (Wildman–Crippen LogP) is 1.39. The number of hydrogen-bond donors (Lipinski definition) is 0. The topological polar surface area (TPSA) is 56.5 Å². The van der Waals surface area contributed by atoms with Crippen LogP contribution in [0.3, 0.4) is 0 Å². The molecule has 1 unspecified atom stereocenters. The number of carbonyl (C=O) groups excluding carboxylic acids is 1. The van der Waals surface area contributed by atoms with Crippen molar-refractivity contribution in [2.75, 3.05) is 11.5 Å². The van der Waals surface area contributed by atoms with Gasteiger partial charge in [-0.1, -0.05) is 0 Å². The lowest BCUT2D eigenvalue weighted by atomic mass is 10.2. The van der Waals surface area contributed by atoms with Gasteiger partial charge in [0.15, 0.2) is 5.65 Å². The van der Waals surface area contributed by atoms with E-state index in [9.17, 15) is 4.79 Å². The normalized spacial score (nSPS) is 19.6. The molecule has 1 aliphatic rings. The van der Waals surface area contributed by atoms with Crippen LogP contribution < -0.4 is 0 Å². The van der Waals surface area contributed by atoms with Crippen molar-refractivity contribution in [2.24, 2.45) is 0 Å². The Labute approximate surface area is 102 Å². The van der Waals surface area contributed by atoms with Crippen LogP contribution in [0.1, 0.15) is 16.8 Å². The van der Waals surface area contributed by atoms with Crippen molar-refractivity contribution in [2.45, 2.75) is 12.5 Å². The van der Waals surface area contributed by atoms with E-state index in [-0.39, 0.29) is 12.1 Å². The molecule has 1 aliphatic heterocycles. The molecule has 0 amide bonds. The number of pyridine rings is 1. The first-order chi connectivity index (χ1) is 8.33. The number of hydrogen-bond acceptors (Lipinski definition) is 5. The van der Waals surface area contributed by atoms with E-state index in [0.717, 1.165) is 23.6 Å². The minimum Gasteiger partial charge on any atom is -0.458 e. The van der Waals surface area contributed by atoms with E-state index in [1.165, 1.54) is 0 Å². The third-order valence-electron chi connectivity index (χ3n) is 2.69. The fraction of sp³-hybridized carbons (Fsp3) is 0.364. The Hall–Kier alpha value is -1.56. The van der Waals surface area contributed by atoms with E-state index in [4.69, 9.17) is 4.74 Å². The summed E-state index contributed by atoms with van der Waals surface area (Å²) in [6, 6.07) is 3.47. The van der Waals surface area contributed by atoms with Crippen molar-refractivity contribution in [1.82, 2.24) is 14.6 Å². The SMILES string of the molecule is O=C(OC1CCSC1)c1ccc2nncn2c1. The van der Waals surface area contributed by atoms with Gasteiger partial charge in [-0.3, -0.25) is 4.40 Å². The lowest BCUT2D eigenvalue weighted by Crippen LogP contribution is -2.17. The highest BCUT2D eigenvalue weighted by molar-refractivity contribution is 7.99. The van der Waals surface area contributed by atoms with Crippen LogP contribution in [0.25, 0.3) is 5.65 Å². The maximum Gasteiger partial charge on any atom is 0.339 e. The second kappa shape index (κ2) is 4.37. The summed E-state index contributed by atoms with van der Waals surface area (Å²) in [4.78, 5) is 11.9. The molecule has 17 heavy (non-hydrogen) atoms. The summed E-state index contributed by atoms with van der Waals surface area (Å²) in [6.45, 7) is 0. The molecular weight excluding hydrogens is 238 g/mol. The quantitative estimate of drug-likeness (QED) is 0.753. The first-order valence-corrected chi connectivity index (χ1v) is 6.56. The molecule has 3 rings (SSSR count). The predicted molar refractivity (Wildman–Crippen MR) is 64.1 cm³/mol. The lowest BCUT2D eigenvalue weighted by molar-refractivity contribution is 0.0356. The number of nitrogens with zero attached hydrogens (tertiary/aromatic N) is 3. The molecule has 0 aromatic carbocycles. The van der Waals surface area contributed by atoms with Crippen LogP contribution in [0.4, 0.5) is 0 Å². The summed E-state index contributed by atoms with van der Waals surface area (Å²) >= 11 is 1.82. The molecule has 0 saturated carbocycles. The molecule has 0 radical (unpaired) electrons. The van der Waals surface area contributed by atoms with Gasteiger partial charge in [0, 0.05) is 11.9 Å². The highest BCUT2D eigenvalue weighted by Crippen LogP contribution is 2.21.